The second kappa shape index (κ2) is 8.11. The Hall–Kier alpha value is -3.47. The zero-order chi connectivity index (χ0) is 20.3. The van der Waals surface area contributed by atoms with Crippen LogP contribution in [0.3, 0.4) is 0 Å². The van der Waals surface area contributed by atoms with Gasteiger partial charge in [0.2, 0.25) is 0 Å². The van der Waals surface area contributed by atoms with Crippen molar-refractivity contribution in [1.82, 2.24) is 5.32 Å². The number of carbonyl (C=O) groups is 1. The molecule has 152 valence electrons. The second-order valence-corrected chi connectivity index (χ2v) is 7.61. The minimum atomic E-state index is -0.0973. The summed E-state index contributed by atoms with van der Waals surface area (Å²) in [4.78, 5) is 15.0. The quantitative estimate of drug-likeness (QED) is 0.721. The molecule has 0 radical (unpaired) electrons. The molecule has 2 aliphatic heterocycles. The third-order valence-corrected chi connectivity index (χ3v) is 5.71. The Bertz CT molecular complexity index is 1060. The van der Waals surface area contributed by atoms with Crippen molar-refractivity contribution in [3.8, 4) is 11.5 Å². The monoisotopic (exact) mass is 400 g/mol. The lowest BCUT2D eigenvalue weighted by Crippen LogP contribution is -2.30. The maximum absolute atomic E-state index is 12.6. The van der Waals surface area contributed by atoms with E-state index < -0.39 is 0 Å². The van der Waals surface area contributed by atoms with Gasteiger partial charge in [0.05, 0.1) is 0 Å². The van der Waals surface area contributed by atoms with Crippen LogP contribution < -0.4 is 19.7 Å². The van der Waals surface area contributed by atoms with Gasteiger partial charge in [-0.05, 0) is 47.9 Å². The molecule has 0 fully saturated rings. The van der Waals surface area contributed by atoms with Crippen LogP contribution in [0.25, 0.3) is 0 Å². The molecule has 3 aromatic rings. The van der Waals surface area contributed by atoms with Crippen molar-refractivity contribution in [3.05, 3.63) is 89.0 Å². The van der Waals surface area contributed by atoms with Crippen molar-refractivity contribution in [2.75, 3.05) is 24.7 Å². The number of rotatable bonds is 4. The lowest BCUT2D eigenvalue weighted by molar-refractivity contribution is 0.0950. The average molecular weight is 400 g/mol. The second-order valence-electron chi connectivity index (χ2n) is 7.61. The number of nitrogens with zero attached hydrogens (tertiary/aromatic N) is 1. The van der Waals surface area contributed by atoms with Gasteiger partial charge in [-0.15, -0.1) is 0 Å². The van der Waals surface area contributed by atoms with Gasteiger partial charge in [0.1, 0.15) is 13.2 Å². The van der Waals surface area contributed by atoms with Crippen molar-refractivity contribution in [2.24, 2.45) is 0 Å². The van der Waals surface area contributed by atoms with Crippen LogP contribution in [0.2, 0.25) is 0 Å². The van der Waals surface area contributed by atoms with E-state index >= 15 is 0 Å². The van der Waals surface area contributed by atoms with Crippen LogP contribution in [0, 0.1) is 0 Å². The number of ether oxygens (including phenoxy) is 2. The highest BCUT2D eigenvalue weighted by atomic mass is 16.6. The summed E-state index contributed by atoms with van der Waals surface area (Å²) in [5, 5.41) is 2.99. The van der Waals surface area contributed by atoms with E-state index in [-0.39, 0.29) is 5.91 Å². The SMILES string of the molecule is O=C(NCc1cccc2c1OCCO2)c1ccc(N2CCc3ccccc3C2)cc1. The van der Waals surface area contributed by atoms with E-state index in [9.17, 15) is 4.79 Å². The minimum Gasteiger partial charge on any atom is -0.486 e. The van der Waals surface area contributed by atoms with E-state index in [2.05, 4.69) is 34.5 Å². The highest BCUT2D eigenvalue weighted by molar-refractivity contribution is 5.94. The predicted octanol–water partition coefficient (Wildman–Crippen LogP) is 3.95. The van der Waals surface area contributed by atoms with Crippen LogP contribution in [0.1, 0.15) is 27.0 Å². The fourth-order valence-electron chi connectivity index (χ4n) is 4.09. The summed E-state index contributed by atoms with van der Waals surface area (Å²) in [7, 11) is 0. The van der Waals surface area contributed by atoms with Gasteiger partial charge in [0, 0.05) is 36.4 Å². The van der Waals surface area contributed by atoms with Gasteiger partial charge < -0.3 is 19.7 Å². The minimum absolute atomic E-state index is 0.0973. The number of fused-ring (bicyclic) bond motifs is 2. The molecule has 0 spiro atoms. The Morgan fingerprint density at radius 2 is 1.70 bits per heavy atom. The fraction of sp³-hybridized carbons (Fsp3) is 0.240. The molecule has 0 bridgehead atoms. The number of carbonyl (C=O) groups excluding carboxylic acids is 1. The van der Waals surface area contributed by atoms with Crippen molar-refractivity contribution >= 4 is 11.6 Å². The van der Waals surface area contributed by atoms with E-state index in [4.69, 9.17) is 9.47 Å². The summed E-state index contributed by atoms with van der Waals surface area (Å²) in [6.07, 6.45) is 1.05. The molecule has 30 heavy (non-hydrogen) atoms. The summed E-state index contributed by atoms with van der Waals surface area (Å²) in [5.74, 6) is 1.37. The first kappa shape index (κ1) is 18.6. The molecule has 0 aromatic heterocycles. The summed E-state index contributed by atoms with van der Waals surface area (Å²) < 4.78 is 11.3. The molecule has 2 heterocycles. The number of amides is 1. The molecular formula is C25H24N2O3. The maximum atomic E-state index is 12.6. The first-order chi connectivity index (χ1) is 14.8. The van der Waals surface area contributed by atoms with Crippen LogP contribution >= 0.6 is 0 Å². The maximum Gasteiger partial charge on any atom is 0.251 e. The van der Waals surface area contributed by atoms with Gasteiger partial charge in [-0.3, -0.25) is 4.79 Å². The van der Waals surface area contributed by atoms with Crippen LogP contribution in [-0.2, 0) is 19.5 Å². The Morgan fingerprint density at radius 1 is 0.900 bits per heavy atom. The van der Waals surface area contributed by atoms with E-state index in [1.807, 2.05) is 42.5 Å². The first-order valence-electron chi connectivity index (χ1n) is 10.4. The number of hydrogen-bond donors (Lipinski definition) is 1. The first-order valence-corrected chi connectivity index (χ1v) is 10.4. The third-order valence-electron chi connectivity index (χ3n) is 5.71. The highest BCUT2D eigenvalue weighted by Gasteiger charge is 2.18. The Kier molecular flexibility index (Phi) is 5.01. The average Bonchev–Trinajstić information content (AvgIpc) is 2.82. The van der Waals surface area contributed by atoms with Crippen LogP contribution in [0.4, 0.5) is 5.69 Å². The van der Waals surface area contributed by atoms with Gasteiger partial charge in [-0.2, -0.15) is 0 Å². The van der Waals surface area contributed by atoms with Crippen LogP contribution in [0.15, 0.2) is 66.7 Å². The number of anilines is 1. The summed E-state index contributed by atoms with van der Waals surface area (Å²) in [5.41, 5.74) is 5.52. The predicted molar refractivity (Wildman–Crippen MR) is 116 cm³/mol. The van der Waals surface area contributed by atoms with Gasteiger partial charge >= 0.3 is 0 Å². The molecule has 0 atom stereocenters. The molecule has 2 aliphatic rings. The van der Waals surface area contributed by atoms with Gasteiger partial charge in [0.15, 0.2) is 11.5 Å². The molecule has 5 rings (SSSR count). The van der Waals surface area contributed by atoms with Gasteiger partial charge in [0.25, 0.3) is 5.91 Å². The summed E-state index contributed by atoms with van der Waals surface area (Å²) >= 11 is 0. The van der Waals surface area contributed by atoms with Crippen molar-refractivity contribution < 1.29 is 14.3 Å². The third kappa shape index (κ3) is 3.71. The molecule has 0 saturated heterocycles. The zero-order valence-corrected chi connectivity index (χ0v) is 16.8. The number of nitrogens with one attached hydrogen (secondary N) is 1. The molecule has 0 aliphatic carbocycles. The Morgan fingerprint density at radius 3 is 2.57 bits per heavy atom. The van der Waals surface area contributed by atoms with E-state index in [1.165, 1.54) is 11.1 Å². The summed E-state index contributed by atoms with van der Waals surface area (Å²) in [6.45, 7) is 3.38. The van der Waals surface area contributed by atoms with Crippen LogP contribution in [0.5, 0.6) is 11.5 Å². The Balaban J connectivity index is 1.23. The molecule has 5 heteroatoms. The van der Waals surface area contributed by atoms with E-state index in [0.29, 0.717) is 25.3 Å². The fourth-order valence-corrected chi connectivity index (χ4v) is 4.09. The molecule has 0 saturated carbocycles. The van der Waals surface area contributed by atoms with Gasteiger partial charge in [-0.1, -0.05) is 36.4 Å². The number of para-hydroxylation sites is 1. The molecule has 5 nitrogen and oxygen atoms in total. The standard InChI is InChI=1S/C25H24N2O3/c28-25(26-16-20-6-3-7-23-24(20)30-15-14-29-23)19-8-10-22(11-9-19)27-13-12-18-4-1-2-5-21(18)17-27/h1-11H,12-17H2,(H,26,28). The molecule has 0 unspecified atom stereocenters. The van der Waals surface area contributed by atoms with Crippen LogP contribution in [-0.4, -0.2) is 25.7 Å². The highest BCUT2D eigenvalue weighted by Crippen LogP contribution is 2.33. The lowest BCUT2D eigenvalue weighted by Gasteiger charge is -2.30. The topological polar surface area (TPSA) is 50.8 Å². The molecular weight excluding hydrogens is 376 g/mol. The normalized spacial score (nSPS) is 14.7. The molecule has 1 N–H and O–H groups in total. The van der Waals surface area contributed by atoms with E-state index in [0.717, 1.165) is 42.3 Å². The van der Waals surface area contributed by atoms with Crippen molar-refractivity contribution in [2.45, 2.75) is 19.5 Å². The Labute approximate surface area is 176 Å². The van der Waals surface area contributed by atoms with Gasteiger partial charge in [-0.25, -0.2) is 0 Å². The summed E-state index contributed by atoms with van der Waals surface area (Å²) in [6, 6.07) is 22.2. The van der Waals surface area contributed by atoms with Crippen molar-refractivity contribution in [3.63, 3.8) is 0 Å². The smallest absolute Gasteiger partial charge is 0.251 e. The molecule has 3 aromatic carbocycles. The number of hydrogen-bond acceptors (Lipinski definition) is 4. The molecule has 1 amide bonds. The largest absolute Gasteiger partial charge is 0.486 e. The zero-order valence-electron chi connectivity index (χ0n) is 16.8. The number of benzene rings is 3. The lowest BCUT2D eigenvalue weighted by atomic mass is 9.99. The van der Waals surface area contributed by atoms with E-state index in [1.54, 1.807) is 0 Å². The van der Waals surface area contributed by atoms with Crippen molar-refractivity contribution in [1.29, 1.82) is 0 Å².